The van der Waals surface area contributed by atoms with Crippen LogP contribution in [0.15, 0.2) is 18.6 Å². The third-order valence-electron chi connectivity index (χ3n) is 7.99. The number of ether oxygens (including phenoxy) is 1. The number of nitrogens with one attached hydrogen (secondary N) is 1. The van der Waals surface area contributed by atoms with Crippen molar-refractivity contribution >= 4 is 17.1 Å². The lowest BCUT2D eigenvalue weighted by molar-refractivity contribution is -0.213. The number of pyridine rings is 1. The van der Waals surface area contributed by atoms with Crippen molar-refractivity contribution in [3.63, 3.8) is 0 Å². The van der Waals surface area contributed by atoms with Crippen molar-refractivity contribution in [2.75, 3.05) is 13.2 Å². The zero-order valence-corrected chi connectivity index (χ0v) is 18.1. The Kier molecular flexibility index (Phi) is 3.94. The highest BCUT2D eigenvalue weighted by Gasteiger charge is 2.60. The molecule has 6 nitrogen and oxygen atoms in total. The van der Waals surface area contributed by atoms with Crippen LogP contribution < -0.4 is 5.32 Å². The molecule has 5 aliphatic rings. The molecule has 0 saturated heterocycles. The summed E-state index contributed by atoms with van der Waals surface area (Å²) in [5, 5.41) is 3.02. The molecule has 5 saturated carbocycles. The normalized spacial score (nSPS) is 37.1. The second-order valence-electron chi connectivity index (χ2n) is 11.4. The molecule has 7 rings (SSSR count). The zero-order valence-electron chi connectivity index (χ0n) is 18.1. The fourth-order valence-corrected chi connectivity index (χ4v) is 7.70. The molecule has 2 unspecified atom stereocenters. The Morgan fingerprint density at radius 1 is 1.17 bits per heavy atom. The Labute approximate surface area is 177 Å². The quantitative estimate of drug-likeness (QED) is 0.725. The van der Waals surface area contributed by atoms with Gasteiger partial charge in [0.2, 0.25) is 0 Å². The summed E-state index contributed by atoms with van der Waals surface area (Å²) in [4.78, 5) is 21.6. The second kappa shape index (κ2) is 6.28. The summed E-state index contributed by atoms with van der Waals surface area (Å²) in [6.45, 7) is 6.04. The first-order chi connectivity index (χ1) is 14.3. The van der Waals surface area contributed by atoms with Crippen LogP contribution in [-0.2, 0) is 4.74 Å². The van der Waals surface area contributed by atoms with E-state index >= 15 is 0 Å². The molecular weight excluding hydrogens is 376 g/mol. The van der Waals surface area contributed by atoms with Crippen LogP contribution in [0, 0.1) is 16.7 Å². The summed E-state index contributed by atoms with van der Waals surface area (Å²) in [6, 6.07) is 2.38. The molecule has 5 aliphatic carbocycles. The van der Waals surface area contributed by atoms with Crippen molar-refractivity contribution in [3.05, 3.63) is 24.2 Å². The van der Waals surface area contributed by atoms with Crippen LogP contribution >= 0.6 is 0 Å². The molecule has 2 atom stereocenters. The van der Waals surface area contributed by atoms with Gasteiger partial charge in [0.05, 0.1) is 24.1 Å². The van der Waals surface area contributed by atoms with Crippen LogP contribution in [0.1, 0.15) is 81.6 Å². The molecule has 30 heavy (non-hydrogen) atoms. The fourth-order valence-electron chi connectivity index (χ4n) is 7.70. The van der Waals surface area contributed by atoms with E-state index < -0.39 is 0 Å². The molecule has 5 fully saturated rings. The van der Waals surface area contributed by atoms with Gasteiger partial charge in [-0.2, -0.15) is 0 Å². The van der Waals surface area contributed by atoms with Crippen LogP contribution in [0.25, 0.3) is 11.2 Å². The Morgan fingerprint density at radius 3 is 2.63 bits per heavy atom. The summed E-state index contributed by atoms with van der Waals surface area (Å²) < 4.78 is 8.64. The van der Waals surface area contributed by atoms with Crippen molar-refractivity contribution in [3.8, 4) is 0 Å². The van der Waals surface area contributed by atoms with E-state index in [0.29, 0.717) is 35.6 Å². The minimum absolute atomic E-state index is 0.0315. The van der Waals surface area contributed by atoms with Gasteiger partial charge in [0, 0.05) is 18.8 Å². The molecule has 2 aromatic rings. The highest BCUT2D eigenvalue weighted by Crippen LogP contribution is 2.67. The first-order valence-electron chi connectivity index (χ1n) is 11.6. The van der Waals surface area contributed by atoms with Gasteiger partial charge in [-0.3, -0.25) is 4.79 Å². The molecule has 2 heterocycles. The van der Waals surface area contributed by atoms with Gasteiger partial charge in [0.25, 0.3) is 5.91 Å². The lowest BCUT2D eigenvalue weighted by Crippen LogP contribution is -2.59. The summed E-state index contributed by atoms with van der Waals surface area (Å²) in [5.74, 6) is 0.720. The second-order valence-corrected chi connectivity index (χ2v) is 11.4. The zero-order chi connectivity index (χ0) is 20.6. The number of nitrogens with zero attached hydrogens (tertiary/aromatic N) is 3. The predicted molar refractivity (Wildman–Crippen MR) is 114 cm³/mol. The van der Waals surface area contributed by atoms with E-state index in [1.54, 1.807) is 6.20 Å². The van der Waals surface area contributed by atoms with E-state index in [0.717, 1.165) is 17.1 Å². The highest BCUT2D eigenvalue weighted by atomic mass is 16.5. The molecule has 1 N–H and O–H groups in total. The molecular formula is C24H32N4O2. The van der Waals surface area contributed by atoms with Gasteiger partial charge in [-0.15, -0.1) is 0 Å². The van der Waals surface area contributed by atoms with Crippen molar-refractivity contribution in [1.82, 2.24) is 19.9 Å². The molecule has 0 radical (unpaired) electrons. The van der Waals surface area contributed by atoms with Gasteiger partial charge >= 0.3 is 0 Å². The minimum Gasteiger partial charge on any atom is -0.373 e. The number of hydrogen-bond acceptors (Lipinski definition) is 4. The van der Waals surface area contributed by atoms with E-state index in [4.69, 9.17) is 4.74 Å². The number of carbonyl (C=O) groups is 1. The predicted octanol–water partition coefficient (Wildman–Crippen LogP) is 4.26. The standard InChI is InChI=1S/C24H32N4O2/c1-22-8-16-9-23(2,12-22)14-24(10-16,13-22)30-6-5-25-21(29)17-7-19-20(26-11-17)28(15-27-19)18-3-4-18/h7,11,15-16,18H,3-6,8-10,12-14H2,1-2H3,(H,25,29). The summed E-state index contributed by atoms with van der Waals surface area (Å²) in [5.41, 5.74) is 3.16. The first kappa shape index (κ1) is 18.8. The van der Waals surface area contributed by atoms with Crippen LogP contribution in [0.2, 0.25) is 0 Å². The topological polar surface area (TPSA) is 69.0 Å². The fraction of sp³-hybridized carbons (Fsp3) is 0.708. The van der Waals surface area contributed by atoms with E-state index in [1.807, 2.05) is 12.4 Å². The van der Waals surface area contributed by atoms with Gasteiger partial charge in [-0.25, -0.2) is 9.97 Å². The van der Waals surface area contributed by atoms with E-state index in [9.17, 15) is 4.79 Å². The number of carbonyl (C=O) groups excluding carboxylic acids is 1. The molecule has 4 bridgehead atoms. The number of aromatic nitrogens is 3. The number of hydrogen-bond donors (Lipinski definition) is 1. The van der Waals surface area contributed by atoms with E-state index in [-0.39, 0.29) is 11.5 Å². The van der Waals surface area contributed by atoms with E-state index in [2.05, 4.69) is 33.7 Å². The molecule has 0 aliphatic heterocycles. The number of rotatable bonds is 6. The monoisotopic (exact) mass is 408 g/mol. The maximum absolute atomic E-state index is 12.6. The van der Waals surface area contributed by atoms with Gasteiger partial charge in [0.15, 0.2) is 5.65 Å². The first-order valence-corrected chi connectivity index (χ1v) is 11.6. The highest BCUT2D eigenvalue weighted by molar-refractivity contribution is 5.96. The summed E-state index contributed by atoms with van der Waals surface area (Å²) in [7, 11) is 0. The molecule has 0 spiro atoms. The van der Waals surface area contributed by atoms with Crippen LogP contribution in [-0.4, -0.2) is 39.2 Å². The summed E-state index contributed by atoms with van der Waals surface area (Å²) >= 11 is 0. The lowest BCUT2D eigenvalue weighted by atomic mass is 9.43. The number of fused-ring (bicyclic) bond motifs is 1. The van der Waals surface area contributed by atoms with Crippen molar-refractivity contribution < 1.29 is 9.53 Å². The van der Waals surface area contributed by atoms with Crippen LogP contribution in [0.4, 0.5) is 0 Å². The smallest absolute Gasteiger partial charge is 0.253 e. The van der Waals surface area contributed by atoms with Crippen molar-refractivity contribution in [1.29, 1.82) is 0 Å². The third kappa shape index (κ3) is 3.15. The van der Waals surface area contributed by atoms with Crippen molar-refractivity contribution in [2.45, 2.75) is 76.9 Å². The maximum Gasteiger partial charge on any atom is 0.253 e. The Hall–Kier alpha value is -1.95. The Balaban J connectivity index is 1.07. The molecule has 6 heteroatoms. The van der Waals surface area contributed by atoms with Gasteiger partial charge in [-0.1, -0.05) is 13.8 Å². The largest absolute Gasteiger partial charge is 0.373 e. The summed E-state index contributed by atoms with van der Waals surface area (Å²) in [6.07, 6.45) is 13.6. The van der Waals surface area contributed by atoms with Gasteiger partial charge in [0.1, 0.15) is 5.52 Å². The average Bonchev–Trinajstić information content (AvgIpc) is 3.41. The average molecular weight is 409 g/mol. The SMILES string of the molecule is CC12CC3CC(C)(C1)CC(OCCNC(=O)c1cnc4c(c1)ncn4C1CC1)(C3)C2. The van der Waals surface area contributed by atoms with Crippen LogP contribution in [0.5, 0.6) is 0 Å². The molecule has 0 aromatic carbocycles. The molecule has 1 amide bonds. The Morgan fingerprint density at radius 2 is 1.93 bits per heavy atom. The van der Waals surface area contributed by atoms with E-state index in [1.165, 1.54) is 51.4 Å². The minimum atomic E-state index is -0.0987. The lowest BCUT2D eigenvalue weighted by Gasteiger charge is -2.65. The molecule has 160 valence electrons. The Bertz CT molecular complexity index is 992. The maximum atomic E-state index is 12.6. The molecule has 2 aromatic heterocycles. The van der Waals surface area contributed by atoms with Gasteiger partial charge in [-0.05, 0) is 74.2 Å². The van der Waals surface area contributed by atoms with Crippen molar-refractivity contribution in [2.24, 2.45) is 16.7 Å². The third-order valence-corrected chi connectivity index (χ3v) is 7.99. The number of amides is 1. The van der Waals surface area contributed by atoms with Crippen LogP contribution in [0.3, 0.4) is 0 Å². The van der Waals surface area contributed by atoms with Gasteiger partial charge < -0.3 is 14.6 Å². The number of imidazole rings is 1.